The summed E-state index contributed by atoms with van der Waals surface area (Å²) in [5, 5.41) is 27.9. The normalized spacial score (nSPS) is 19.5. The summed E-state index contributed by atoms with van der Waals surface area (Å²) in [7, 11) is -3.82. The van der Waals surface area contributed by atoms with Crippen LogP contribution >= 0.6 is 0 Å². The molecule has 1 aromatic heterocycles. The van der Waals surface area contributed by atoms with Crippen LogP contribution in [0, 0.1) is 11.8 Å². The molecule has 280 valence electrons. The number of imidazole rings is 1. The first kappa shape index (κ1) is 40.0. The zero-order valence-electron chi connectivity index (χ0n) is 30.5. The summed E-state index contributed by atoms with van der Waals surface area (Å²) in [5.41, 5.74) is 0.0530. The maximum Gasteiger partial charge on any atom is 0.419 e. The van der Waals surface area contributed by atoms with E-state index in [9.17, 15) is 33.0 Å². The van der Waals surface area contributed by atoms with Gasteiger partial charge in [0, 0.05) is 18.2 Å². The van der Waals surface area contributed by atoms with Crippen molar-refractivity contribution in [2.45, 2.75) is 121 Å². The van der Waals surface area contributed by atoms with E-state index in [4.69, 9.17) is 4.74 Å². The van der Waals surface area contributed by atoms with Crippen LogP contribution in [0.4, 0.5) is 4.79 Å². The van der Waals surface area contributed by atoms with Crippen molar-refractivity contribution in [3.8, 4) is 0 Å². The number of nitrogens with one attached hydrogen (secondary N) is 2. The quantitative estimate of drug-likeness (QED) is 0.163. The molecule has 5 atom stereocenters. The molecular formula is C38H54N4O8S. The summed E-state index contributed by atoms with van der Waals surface area (Å²) in [6.07, 6.45) is 9.74. The third kappa shape index (κ3) is 11.9. The van der Waals surface area contributed by atoms with Crippen molar-refractivity contribution in [3.05, 3.63) is 71.8 Å². The fraction of sp³-hybridized carbons (Fsp3) is 0.579. The van der Waals surface area contributed by atoms with Gasteiger partial charge in [0.1, 0.15) is 24.1 Å². The average molecular weight is 727 g/mol. The summed E-state index contributed by atoms with van der Waals surface area (Å²) >= 11 is 0. The van der Waals surface area contributed by atoms with Crippen molar-refractivity contribution in [1.82, 2.24) is 20.2 Å². The number of ether oxygens (including phenoxy) is 1. The molecule has 4 rings (SSSR count). The fourth-order valence-electron chi connectivity index (χ4n) is 5.85. The Morgan fingerprint density at radius 2 is 1.71 bits per heavy atom. The monoisotopic (exact) mass is 726 g/mol. The van der Waals surface area contributed by atoms with Crippen LogP contribution in [0.3, 0.4) is 0 Å². The SMILES string of the molecule is CC(C)(C)OC(=O)n1cnc(C[C@H](NC(=O)C(=Cc2ccccc2)CS(=O)(=O)C(C)(C)C)C(=O)N[C@@H](C[C@H]2CC=CCC2)[C@@H](O)[C@@H](O)C2CC2)c1. The molecule has 1 aromatic carbocycles. The number of aromatic nitrogens is 2. The molecule has 2 aromatic rings. The second-order valence-electron chi connectivity index (χ2n) is 15.8. The lowest BCUT2D eigenvalue weighted by Gasteiger charge is -2.32. The third-order valence-electron chi connectivity index (χ3n) is 9.15. The van der Waals surface area contributed by atoms with E-state index in [-0.39, 0.29) is 29.5 Å². The molecule has 0 aliphatic heterocycles. The number of nitrogens with zero attached hydrogens (tertiary/aromatic N) is 2. The van der Waals surface area contributed by atoms with E-state index in [1.807, 2.05) is 0 Å². The molecule has 1 fully saturated rings. The van der Waals surface area contributed by atoms with Crippen LogP contribution in [-0.4, -0.2) is 86.5 Å². The molecule has 12 nitrogen and oxygen atoms in total. The van der Waals surface area contributed by atoms with Crippen LogP contribution in [0.25, 0.3) is 6.08 Å². The predicted octanol–water partition coefficient (Wildman–Crippen LogP) is 4.35. The van der Waals surface area contributed by atoms with E-state index in [2.05, 4.69) is 27.8 Å². The molecule has 0 spiro atoms. The Balaban J connectivity index is 1.66. The van der Waals surface area contributed by atoms with Crippen LogP contribution in [0.15, 0.2) is 60.6 Å². The van der Waals surface area contributed by atoms with Gasteiger partial charge in [-0.1, -0.05) is 42.5 Å². The van der Waals surface area contributed by atoms with Gasteiger partial charge >= 0.3 is 6.09 Å². The van der Waals surface area contributed by atoms with Gasteiger partial charge in [0.15, 0.2) is 9.84 Å². The second kappa shape index (κ2) is 16.7. The number of amides is 2. The Bertz CT molecular complexity index is 1680. The molecule has 2 aliphatic rings. The fourth-order valence-corrected chi connectivity index (χ4v) is 6.91. The zero-order valence-corrected chi connectivity index (χ0v) is 31.4. The summed E-state index contributed by atoms with van der Waals surface area (Å²) in [5.74, 6) is -1.88. The van der Waals surface area contributed by atoms with Gasteiger partial charge in [-0.15, -0.1) is 0 Å². The van der Waals surface area contributed by atoms with Gasteiger partial charge in [-0.3, -0.25) is 9.59 Å². The first-order valence-electron chi connectivity index (χ1n) is 17.7. The summed E-state index contributed by atoms with van der Waals surface area (Å²) in [4.78, 5) is 45.3. The molecule has 0 radical (unpaired) electrons. The van der Waals surface area contributed by atoms with Gasteiger partial charge in [0.2, 0.25) is 11.8 Å². The summed E-state index contributed by atoms with van der Waals surface area (Å²) in [6, 6.07) is 6.69. The predicted molar refractivity (Wildman–Crippen MR) is 195 cm³/mol. The highest BCUT2D eigenvalue weighted by Crippen LogP contribution is 2.36. The standard InChI is InChI=1S/C38H54N4O8S/c1-37(2,3)50-36(47)42-22-29(39-24-42)21-31(35(46)40-30(20-26-15-11-8-12-16-26)33(44)32(43)27-17-18-27)41-34(45)28(19-25-13-9-7-10-14-25)23-51(48,49)38(4,5)6/h7-11,13-14,19,22,24,26-27,30-33,43-44H,12,15-18,20-21,23H2,1-6H3,(H,40,46)(H,41,45)/t26-,30-,31-,32-,33+/m0/s1. The second-order valence-corrected chi connectivity index (χ2v) is 18.5. The molecule has 51 heavy (non-hydrogen) atoms. The first-order valence-corrected chi connectivity index (χ1v) is 19.3. The number of carbonyl (C=O) groups is 3. The smallest absolute Gasteiger partial charge is 0.419 e. The highest BCUT2D eigenvalue weighted by Gasteiger charge is 2.40. The van der Waals surface area contributed by atoms with E-state index in [1.165, 1.54) is 18.6 Å². The number of hydrogen-bond acceptors (Lipinski definition) is 9. The van der Waals surface area contributed by atoms with Crippen LogP contribution in [0.5, 0.6) is 0 Å². The van der Waals surface area contributed by atoms with Crippen molar-refractivity contribution in [2.75, 3.05) is 5.75 Å². The number of aliphatic hydroxyl groups is 2. The molecule has 0 saturated heterocycles. The van der Waals surface area contributed by atoms with E-state index in [1.54, 1.807) is 71.9 Å². The van der Waals surface area contributed by atoms with Gasteiger partial charge in [-0.05, 0) is 104 Å². The van der Waals surface area contributed by atoms with Crippen molar-refractivity contribution in [2.24, 2.45) is 11.8 Å². The highest BCUT2D eigenvalue weighted by molar-refractivity contribution is 7.92. The number of allylic oxidation sites excluding steroid dienone is 2. The Kier molecular flexibility index (Phi) is 13.1. The lowest BCUT2D eigenvalue weighted by atomic mass is 9.85. The number of carbonyl (C=O) groups excluding carboxylic acids is 3. The maximum atomic E-state index is 14.2. The Morgan fingerprint density at radius 3 is 2.29 bits per heavy atom. The molecule has 1 heterocycles. The number of hydrogen-bond donors (Lipinski definition) is 4. The van der Waals surface area contributed by atoms with Crippen molar-refractivity contribution >= 4 is 33.8 Å². The van der Waals surface area contributed by atoms with Crippen molar-refractivity contribution in [3.63, 3.8) is 0 Å². The maximum absolute atomic E-state index is 14.2. The van der Waals surface area contributed by atoms with E-state index in [0.717, 1.165) is 36.7 Å². The highest BCUT2D eigenvalue weighted by atomic mass is 32.2. The van der Waals surface area contributed by atoms with Crippen LogP contribution in [0.2, 0.25) is 0 Å². The van der Waals surface area contributed by atoms with E-state index < -0.39 is 68.1 Å². The Morgan fingerprint density at radius 1 is 1.02 bits per heavy atom. The van der Waals surface area contributed by atoms with E-state index in [0.29, 0.717) is 12.0 Å². The number of rotatable bonds is 14. The van der Waals surface area contributed by atoms with Crippen molar-refractivity contribution < 1.29 is 37.8 Å². The van der Waals surface area contributed by atoms with Crippen molar-refractivity contribution in [1.29, 1.82) is 0 Å². The number of benzene rings is 1. The topological polar surface area (TPSA) is 177 Å². The van der Waals surface area contributed by atoms with Gasteiger partial charge in [-0.25, -0.2) is 22.8 Å². The number of aliphatic hydroxyl groups excluding tert-OH is 2. The summed E-state index contributed by atoms with van der Waals surface area (Å²) in [6.45, 7) is 9.86. The zero-order chi connectivity index (χ0) is 37.6. The Hall–Kier alpha value is -3.81. The lowest BCUT2D eigenvalue weighted by Crippen LogP contribution is -2.56. The van der Waals surface area contributed by atoms with Crippen LogP contribution < -0.4 is 10.6 Å². The van der Waals surface area contributed by atoms with Crippen LogP contribution in [-0.2, 0) is 30.6 Å². The first-order chi connectivity index (χ1) is 23.8. The molecule has 2 aliphatic carbocycles. The minimum absolute atomic E-state index is 0.0478. The van der Waals surface area contributed by atoms with Gasteiger partial charge in [-0.2, -0.15) is 0 Å². The van der Waals surface area contributed by atoms with Crippen LogP contribution in [0.1, 0.15) is 91.3 Å². The van der Waals surface area contributed by atoms with E-state index >= 15 is 0 Å². The molecule has 4 N–H and O–H groups in total. The average Bonchev–Trinajstić information content (AvgIpc) is 3.80. The molecule has 2 amide bonds. The van der Waals surface area contributed by atoms with Gasteiger partial charge in [0.05, 0.1) is 28.3 Å². The minimum Gasteiger partial charge on any atom is -0.443 e. The number of sulfone groups is 1. The largest absolute Gasteiger partial charge is 0.443 e. The van der Waals surface area contributed by atoms with Gasteiger partial charge in [0.25, 0.3) is 0 Å². The Labute approximate surface area is 301 Å². The molecule has 13 heteroatoms. The lowest BCUT2D eigenvalue weighted by molar-refractivity contribution is -0.129. The molecular weight excluding hydrogens is 673 g/mol. The third-order valence-corrected chi connectivity index (χ3v) is 11.7. The minimum atomic E-state index is -3.82. The molecule has 0 bridgehead atoms. The van der Waals surface area contributed by atoms with Gasteiger partial charge < -0.3 is 25.6 Å². The summed E-state index contributed by atoms with van der Waals surface area (Å²) < 4.78 is 32.1. The molecule has 0 unspecified atom stereocenters. The molecule has 1 saturated carbocycles.